The van der Waals surface area contributed by atoms with Crippen LogP contribution in [-0.4, -0.2) is 36.0 Å². The minimum Gasteiger partial charge on any atom is -0.375 e. The summed E-state index contributed by atoms with van der Waals surface area (Å²) in [6.07, 6.45) is 1.71. The van der Waals surface area contributed by atoms with E-state index in [1.54, 1.807) is 18.4 Å². The number of aromatic nitrogens is 1. The number of hydrogen-bond acceptors (Lipinski definition) is 5. The third-order valence-electron chi connectivity index (χ3n) is 4.48. The molecule has 0 unspecified atom stereocenters. The molecule has 1 aromatic heterocycles. The first-order valence-electron chi connectivity index (χ1n) is 8.14. The standard InChI is InChI=1S/C18H23N3O2S/c1-12(23-3)18-19-14(11-24-18)10-21(2)16-9-8-13-6-4-5-7-15(13)20-17(16)22/h4-7,11-12,16H,8-10H2,1-3H3,(H,20,22)/t12-,16-/m0/s1. The lowest BCUT2D eigenvalue weighted by Crippen LogP contribution is -2.40. The van der Waals surface area contributed by atoms with E-state index in [-0.39, 0.29) is 18.1 Å². The number of fused-ring (bicyclic) bond motifs is 1. The van der Waals surface area contributed by atoms with Gasteiger partial charge in [0.2, 0.25) is 5.91 Å². The molecule has 1 aliphatic rings. The largest absolute Gasteiger partial charge is 0.375 e. The van der Waals surface area contributed by atoms with E-state index in [0.717, 1.165) is 29.2 Å². The first-order valence-corrected chi connectivity index (χ1v) is 9.02. The molecule has 1 aliphatic heterocycles. The second kappa shape index (κ2) is 7.42. The molecule has 6 heteroatoms. The van der Waals surface area contributed by atoms with Gasteiger partial charge in [0.25, 0.3) is 0 Å². The molecule has 0 aliphatic carbocycles. The average Bonchev–Trinajstić information content (AvgIpc) is 2.96. The van der Waals surface area contributed by atoms with Gasteiger partial charge in [-0.3, -0.25) is 9.69 Å². The number of anilines is 1. The van der Waals surface area contributed by atoms with Crippen molar-refractivity contribution in [1.82, 2.24) is 9.88 Å². The van der Waals surface area contributed by atoms with Crippen LogP contribution in [0, 0.1) is 0 Å². The van der Waals surface area contributed by atoms with E-state index in [2.05, 4.69) is 21.3 Å². The third-order valence-corrected chi connectivity index (χ3v) is 5.53. The Balaban J connectivity index is 1.68. The van der Waals surface area contributed by atoms with Gasteiger partial charge in [-0.1, -0.05) is 18.2 Å². The van der Waals surface area contributed by atoms with Crippen LogP contribution in [0.4, 0.5) is 5.69 Å². The number of benzene rings is 1. The van der Waals surface area contributed by atoms with Crippen LogP contribution < -0.4 is 5.32 Å². The van der Waals surface area contributed by atoms with Gasteiger partial charge in [-0.2, -0.15) is 0 Å². The van der Waals surface area contributed by atoms with Gasteiger partial charge in [0, 0.05) is 24.7 Å². The van der Waals surface area contributed by atoms with Crippen molar-refractivity contribution in [3.63, 3.8) is 0 Å². The van der Waals surface area contributed by atoms with Gasteiger partial charge in [-0.25, -0.2) is 4.98 Å². The number of thiazole rings is 1. The number of nitrogens with one attached hydrogen (secondary N) is 1. The van der Waals surface area contributed by atoms with Crippen molar-refractivity contribution in [2.75, 3.05) is 19.5 Å². The smallest absolute Gasteiger partial charge is 0.241 e. The Bertz CT molecular complexity index is 716. The van der Waals surface area contributed by atoms with Crippen molar-refractivity contribution >= 4 is 22.9 Å². The molecule has 0 spiro atoms. The van der Waals surface area contributed by atoms with Crippen molar-refractivity contribution in [2.24, 2.45) is 0 Å². The molecule has 0 radical (unpaired) electrons. The van der Waals surface area contributed by atoms with Crippen LogP contribution in [0.5, 0.6) is 0 Å². The highest BCUT2D eigenvalue weighted by Gasteiger charge is 2.27. The fraction of sp³-hybridized carbons (Fsp3) is 0.444. The van der Waals surface area contributed by atoms with Gasteiger partial charge in [0.15, 0.2) is 0 Å². The zero-order valence-electron chi connectivity index (χ0n) is 14.3. The molecular formula is C18H23N3O2S. The van der Waals surface area contributed by atoms with E-state index in [0.29, 0.717) is 6.54 Å². The molecule has 2 atom stereocenters. The normalized spacial score (nSPS) is 18.8. The fourth-order valence-electron chi connectivity index (χ4n) is 2.97. The van der Waals surface area contributed by atoms with E-state index < -0.39 is 0 Å². The molecule has 2 heterocycles. The molecule has 1 aromatic carbocycles. The molecule has 128 valence electrons. The van der Waals surface area contributed by atoms with Gasteiger partial charge in [-0.05, 0) is 38.4 Å². The van der Waals surface area contributed by atoms with Crippen LogP contribution in [0.1, 0.15) is 35.7 Å². The summed E-state index contributed by atoms with van der Waals surface area (Å²) in [5.41, 5.74) is 3.12. The predicted molar refractivity (Wildman–Crippen MR) is 96.2 cm³/mol. The van der Waals surface area contributed by atoms with Gasteiger partial charge >= 0.3 is 0 Å². The van der Waals surface area contributed by atoms with Gasteiger partial charge in [0.1, 0.15) is 11.1 Å². The minimum absolute atomic E-state index is 0.00438. The Kier molecular flexibility index (Phi) is 5.28. The quantitative estimate of drug-likeness (QED) is 0.904. The number of ether oxygens (including phenoxy) is 1. The summed E-state index contributed by atoms with van der Waals surface area (Å²) < 4.78 is 5.31. The summed E-state index contributed by atoms with van der Waals surface area (Å²) in [6, 6.07) is 7.87. The first-order chi connectivity index (χ1) is 11.6. The maximum atomic E-state index is 12.6. The third kappa shape index (κ3) is 3.66. The van der Waals surface area contributed by atoms with Crippen molar-refractivity contribution in [1.29, 1.82) is 0 Å². The van der Waals surface area contributed by atoms with E-state index in [4.69, 9.17) is 4.74 Å². The number of aryl methyl sites for hydroxylation is 1. The molecule has 2 aromatic rings. The Labute approximate surface area is 146 Å². The number of carbonyl (C=O) groups excluding carboxylic acids is 1. The molecule has 0 saturated carbocycles. The Morgan fingerprint density at radius 1 is 1.46 bits per heavy atom. The Morgan fingerprint density at radius 3 is 3.04 bits per heavy atom. The number of para-hydroxylation sites is 1. The highest BCUT2D eigenvalue weighted by Crippen LogP contribution is 2.25. The number of amides is 1. The van der Waals surface area contributed by atoms with E-state index in [1.807, 2.05) is 37.6 Å². The fourth-order valence-corrected chi connectivity index (χ4v) is 3.81. The number of methoxy groups -OCH3 is 1. The number of carbonyl (C=O) groups is 1. The zero-order valence-corrected chi connectivity index (χ0v) is 15.1. The molecule has 24 heavy (non-hydrogen) atoms. The van der Waals surface area contributed by atoms with Crippen molar-refractivity contribution in [3.8, 4) is 0 Å². The number of likely N-dealkylation sites (N-methyl/N-ethyl adjacent to an activating group) is 1. The number of rotatable bonds is 5. The van der Waals surface area contributed by atoms with Gasteiger partial charge in [0.05, 0.1) is 11.7 Å². The van der Waals surface area contributed by atoms with E-state index in [1.165, 1.54) is 5.56 Å². The van der Waals surface area contributed by atoms with Crippen LogP contribution in [0.3, 0.4) is 0 Å². The van der Waals surface area contributed by atoms with Crippen LogP contribution in [0.2, 0.25) is 0 Å². The lowest BCUT2D eigenvalue weighted by Gasteiger charge is -2.24. The SMILES string of the molecule is CO[C@@H](C)c1nc(CN(C)[C@H]2CCc3ccccc3NC2=O)cs1. The predicted octanol–water partition coefficient (Wildman–Crippen LogP) is 3.24. The summed E-state index contributed by atoms with van der Waals surface area (Å²) in [5.74, 6) is 0.0585. The summed E-state index contributed by atoms with van der Waals surface area (Å²) in [5, 5.41) is 6.07. The minimum atomic E-state index is -0.151. The monoisotopic (exact) mass is 345 g/mol. The van der Waals surface area contributed by atoms with Crippen LogP contribution in [0.25, 0.3) is 0 Å². The lowest BCUT2D eigenvalue weighted by atomic mass is 10.1. The Hall–Kier alpha value is -1.76. The summed E-state index contributed by atoms with van der Waals surface area (Å²) in [6.45, 7) is 2.64. The zero-order chi connectivity index (χ0) is 17.1. The van der Waals surface area contributed by atoms with Crippen LogP contribution in [0.15, 0.2) is 29.6 Å². The van der Waals surface area contributed by atoms with Gasteiger partial charge in [-0.15, -0.1) is 11.3 Å². The van der Waals surface area contributed by atoms with Crippen molar-refractivity contribution in [3.05, 3.63) is 45.9 Å². The molecule has 0 saturated heterocycles. The average molecular weight is 345 g/mol. The maximum absolute atomic E-state index is 12.6. The molecule has 5 nitrogen and oxygen atoms in total. The highest BCUT2D eigenvalue weighted by atomic mass is 32.1. The summed E-state index contributed by atoms with van der Waals surface area (Å²) >= 11 is 1.60. The molecule has 0 bridgehead atoms. The van der Waals surface area contributed by atoms with Crippen LogP contribution in [-0.2, 0) is 22.5 Å². The second-order valence-electron chi connectivity index (χ2n) is 6.17. The topological polar surface area (TPSA) is 54.5 Å². The molecule has 3 rings (SSSR count). The summed E-state index contributed by atoms with van der Waals surface area (Å²) in [7, 11) is 3.67. The van der Waals surface area contributed by atoms with Crippen LogP contribution >= 0.6 is 11.3 Å². The lowest BCUT2D eigenvalue weighted by molar-refractivity contribution is -0.121. The molecule has 0 fully saturated rings. The number of nitrogens with zero attached hydrogens (tertiary/aromatic N) is 2. The van der Waals surface area contributed by atoms with Crippen molar-refractivity contribution < 1.29 is 9.53 Å². The number of hydrogen-bond donors (Lipinski definition) is 1. The first kappa shape index (κ1) is 17.1. The van der Waals surface area contributed by atoms with Gasteiger partial charge < -0.3 is 10.1 Å². The summed E-state index contributed by atoms with van der Waals surface area (Å²) in [4.78, 5) is 19.3. The van der Waals surface area contributed by atoms with E-state index >= 15 is 0 Å². The second-order valence-corrected chi connectivity index (χ2v) is 7.06. The molecular weight excluding hydrogens is 322 g/mol. The molecule has 1 N–H and O–H groups in total. The van der Waals surface area contributed by atoms with E-state index in [9.17, 15) is 4.79 Å². The van der Waals surface area contributed by atoms with Crippen molar-refractivity contribution in [2.45, 2.75) is 38.5 Å². The Morgan fingerprint density at radius 2 is 2.25 bits per heavy atom. The molecule has 1 amide bonds. The highest BCUT2D eigenvalue weighted by molar-refractivity contribution is 7.09. The maximum Gasteiger partial charge on any atom is 0.241 e.